The molecule has 2 aromatic rings. The zero-order chi connectivity index (χ0) is 18.8. The summed E-state index contributed by atoms with van der Waals surface area (Å²) in [6.45, 7) is 9.33. The molecule has 0 aliphatic carbocycles. The van der Waals surface area contributed by atoms with E-state index in [0.717, 1.165) is 16.5 Å². The summed E-state index contributed by atoms with van der Waals surface area (Å²) in [7, 11) is 0. The van der Waals surface area contributed by atoms with Crippen molar-refractivity contribution < 1.29 is 19.1 Å². The van der Waals surface area contributed by atoms with Crippen LogP contribution in [-0.4, -0.2) is 28.8 Å². The smallest absolute Gasteiger partial charge is 0.419 e. The SMILES string of the molecule is CCOC(=O)/C(Br)=C/c1c(C)n(C(=O)OC(C)(C)C)c2ccccc12. The highest BCUT2D eigenvalue weighted by molar-refractivity contribution is 9.12. The molecule has 0 unspecified atom stereocenters. The van der Waals surface area contributed by atoms with E-state index in [2.05, 4.69) is 15.9 Å². The molecule has 134 valence electrons. The van der Waals surface area contributed by atoms with E-state index in [4.69, 9.17) is 9.47 Å². The van der Waals surface area contributed by atoms with Gasteiger partial charge in [-0.3, -0.25) is 0 Å². The first kappa shape index (κ1) is 19.2. The molecule has 0 radical (unpaired) electrons. The first-order valence-corrected chi connectivity index (χ1v) is 8.82. The highest BCUT2D eigenvalue weighted by atomic mass is 79.9. The van der Waals surface area contributed by atoms with Crippen molar-refractivity contribution in [1.82, 2.24) is 4.57 Å². The normalized spacial score (nSPS) is 12.3. The predicted octanol–water partition coefficient (Wildman–Crippen LogP) is 5.03. The standard InChI is InChI=1S/C19H22BrNO4/c1-6-24-17(22)15(20)11-14-12(2)21(18(23)25-19(3,4)5)16-10-8-7-9-13(14)16/h7-11H,6H2,1-5H3/b15-11-. The molecule has 0 aliphatic heterocycles. The van der Waals surface area contributed by atoms with Gasteiger partial charge in [0.05, 0.1) is 12.1 Å². The van der Waals surface area contributed by atoms with E-state index < -0.39 is 17.7 Å². The summed E-state index contributed by atoms with van der Waals surface area (Å²) in [5.74, 6) is -0.448. The van der Waals surface area contributed by atoms with E-state index in [1.54, 1.807) is 13.0 Å². The molecular weight excluding hydrogens is 386 g/mol. The van der Waals surface area contributed by atoms with Crippen LogP contribution in [0.3, 0.4) is 0 Å². The molecule has 1 heterocycles. The number of fused-ring (bicyclic) bond motifs is 1. The number of para-hydroxylation sites is 1. The van der Waals surface area contributed by atoms with E-state index in [-0.39, 0.29) is 0 Å². The largest absolute Gasteiger partial charge is 0.462 e. The third-order valence-corrected chi connectivity index (χ3v) is 4.03. The van der Waals surface area contributed by atoms with Crippen molar-refractivity contribution in [2.45, 2.75) is 40.2 Å². The van der Waals surface area contributed by atoms with E-state index in [1.165, 1.54) is 4.57 Å². The van der Waals surface area contributed by atoms with Crippen molar-refractivity contribution in [2.75, 3.05) is 6.61 Å². The van der Waals surface area contributed by atoms with E-state index in [1.807, 2.05) is 52.0 Å². The Morgan fingerprint density at radius 2 is 1.88 bits per heavy atom. The number of rotatable bonds is 3. The number of ether oxygens (including phenoxy) is 2. The molecular formula is C19H22BrNO4. The van der Waals surface area contributed by atoms with Crippen LogP contribution in [0.15, 0.2) is 28.7 Å². The maximum atomic E-state index is 12.6. The van der Waals surface area contributed by atoms with Crippen LogP contribution < -0.4 is 0 Å². The molecule has 0 fully saturated rings. The fourth-order valence-corrected chi connectivity index (χ4v) is 2.85. The first-order chi connectivity index (χ1) is 11.7. The summed E-state index contributed by atoms with van der Waals surface area (Å²) in [5.41, 5.74) is 1.58. The van der Waals surface area contributed by atoms with Gasteiger partial charge in [-0.1, -0.05) is 18.2 Å². The molecule has 1 aromatic carbocycles. The maximum Gasteiger partial charge on any atom is 0.419 e. The van der Waals surface area contributed by atoms with Crippen LogP contribution in [0.1, 0.15) is 39.0 Å². The predicted molar refractivity (Wildman–Crippen MR) is 102 cm³/mol. The van der Waals surface area contributed by atoms with Gasteiger partial charge in [-0.05, 0) is 62.7 Å². The Hall–Kier alpha value is -2.08. The molecule has 25 heavy (non-hydrogen) atoms. The number of hydrogen-bond donors (Lipinski definition) is 0. The maximum absolute atomic E-state index is 12.6. The summed E-state index contributed by atoms with van der Waals surface area (Å²) in [6, 6.07) is 7.50. The molecule has 0 saturated carbocycles. The van der Waals surface area contributed by atoms with Crippen molar-refractivity contribution in [3.05, 3.63) is 40.0 Å². The van der Waals surface area contributed by atoms with Gasteiger partial charge in [-0.15, -0.1) is 0 Å². The van der Waals surface area contributed by atoms with Crippen molar-refractivity contribution >= 4 is 45.0 Å². The van der Waals surface area contributed by atoms with Crippen LogP contribution in [0.5, 0.6) is 0 Å². The Labute approximate surface area is 155 Å². The summed E-state index contributed by atoms with van der Waals surface area (Å²) in [4.78, 5) is 24.5. The van der Waals surface area contributed by atoms with Crippen molar-refractivity contribution in [2.24, 2.45) is 0 Å². The lowest BCUT2D eigenvalue weighted by atomic mass is 10.1. The van der Waals surface area contributed by atoms with Crippen LogP contribution in [0.4, 0.5) is 4.79 Å². The molecule has 5 nitrogen and oxygen atoms in total. The Morgan fingerprint density at radius 3 is 2.48 bits per heavy atom. The lowest BCUT2D eigenvalue weighted by Gasteiger charge is -2.20. The Bertz CT molecular complexity index is 843. The van der Waals surface area contributed by atoms with Crippen molar-refractivity contribution in [3.63, 3.8) is 0 Å². The number of esters is 1. The fourth-order valence-electron chi connectivity index (χ4n) is 2.50. The lowest BCUT2D eigenvalue weighted by Crippen LogP contribution is -2.27. The van der Waals surface area contributed by atoms with Crippen LogP contribution in [0.2, 0.25) is 0 Å². The number of carbonyl (C=O) groups is 2. The molecule has 0 spiro atoms. The molecule has 0 bridgehead atoms. The lowest BCUT2D eigenvalue weighted by molar-refractivity contribution is -0.137. The molecule has 0 atom stereocenters. The molecule has 1 aromatic heterocycles. The number of carbonyl (C=O) groups excluding carboxylic acids is 2. The minimum atomic E-state index is -0.601. The average molecular weight is 408 g/mol. The van der Waals surface area contributed by atoms with Gasteiger partial charge >= 0.3 is 12.1 Å². The van der Waals surface area contributed by atoms with E-state index in [9.17, 15) is 9.59 Å². The minimum Gasteiger partial charge on any atom is -0.462 e. The quantitative estimate of drug-likeness (QED) is 0.528. The van der Waals surface area contributed by atoms with Gasteiger partial charge in [0.15, 0.2) is 0 Å². The van der Waals surface area contributed by atoms with Crippen molar-refractivity contribution in [3.8, 4) is 0 Å². The van der Waals surface area contributed by atoms with Gasteiger partial charge in [-0.25, -0.2) is 14.2 Å². The van der Waals surface area contributed by atoms with Gasteiger partial charge in [0.25, 0.3) is 0 Å². The minimum absolute atomic E-state index is 0.292. The second kappa shape index (κ2) is 7.44. The fraction of sp³-hybridized carbons (Fsp3) is 0.368. The molecule has 2 rings (SSSR count). The van der Waals surface area contributed by atoms with Crippen LogP contribution in [0.25, 0.3) is 17.0 Å². The Kier molecular flexibility index (Phi) is 5.72. The Morgan fingerprint density at radius 1 is 1.24 bits per heavy atom. The number of aromatic nitrogens is 1. The molecule has 0 N–H and O–H groups in total. The number of benzene rings is 1. The summed E-state index contributed by atoms with van der Waals surface area (Å²) >= 11 is 3.26. The third kappa shape index (κ3) is 4.31. The van der Waals surface area contributed by atoms with E-state index in [0.29, 0.717) is 16.8 Å². The molecule has 0 amide bonds. The first-order valence-electron chi connectivity index (χ1n) is 8.03. The topological polar surface area (TPSA) is 57.5 Å². The molecule has 0 aliphatic rings. The van der Waals surface area contributed by atoms with Crippen LogP contribution in [0, 0.1) is 6.92 Å². The number of hydrogen-bond acceptors (Lipinski definition) is 4. The van der Waals surface area contributed by atoms with Crippen LogP contribution in [-0.2, 0) is 14.3 Å². The Balaban J connectivity index is 2.60. The van der Waals surface area contributed by atoms with Crippen LogP contribution >= 0.6 is 15.9 Å². The molecule has 6 heteroatoms. The van der Waals surface area contributed by atoms with Crippen molar-refractivity contribution in [1.29, 1.82) is 0 Å². The van der Waals surface area contributed by atoms with Gasteiger partial charge in [0.1, 0.15) is 10.1 Å². The highest BCUT2D eigenvalue weighted by Gasteiger charge is 2.23. The summed E-state index contributed by atoms with van der Waals surface area (Å²) < 4.78 is 12.3. The zero-order valence-electron chi connectivity index (χ0n) is 15.1. The van der Waals surface area contributed by atoms with Gasteiger partial charge in [0.2, 0.25) is 0 Å². The third-order valence-electron chi connectivity index (χ3n) is 3.48. The summed E-state index contributed by atoms with van der Waals surface area (Å²) in [6.07, 6.45) is 1.23. The highest BCUT2D eigenvalue weighted by Crippen LogP contribution is 2.30. The summed E-state index contributed by atoms with van der Waals surface area (Å²) in [5, 5.41) is 0.854. The number of halogens is 1. The zero-order valence-corrected chi connectivity index (χ0v) is 16.6. The van der Waals surface area contributed by atoms with Gasteiger partial charge in [0, 0.05) is 16.6 Å². The van der Waals surface area contributed by atoms with Gasteiger partial charge < -0.3 is 9.47 Å². The van der Waals surface area contributed by atoms with Gasteiger partial charge in [-0.2, -0.15) is 0 Å². The monoisotopic (exact) mass is 407 g/mol. The average Bonchev–Trinajstić information content (AvgIpc) is 2.78. The van der Waals surface area contributed by atoms with E-state index >= 15 is 0 Å². The molecule has 0 saturated heterocycles. The second-order valence-corrected chi connectivity index (χ2v) is 7.40. The number of nitrogens with zero attached hydrogens (tertiary/aromatic N) is 1. The second-order valence-electron chi connectivity index (χ2n) is 6.54.